The molecule has 0 fully saturated rings. The van der Waals surface area contributed by atoms with Crippen molar-refractivity contribution in [3.8, 4) is 5.75 Å². The normalized spacial score (nSPS) is 14.0. The Bertz CT molecular complexity index is 625. The number of rotatable bonds is 5. The molecule has 118 valence electrons. The predicted molar refractivity (Wildman–Crippen MR) is 90.3 cm³/mol. The molecule has 0 saturated heterocycles. The Morgan fingerprint density at radius 3 is 2.18 bits per heavy atom. The van der Waals surface area contributed by atoms with Crippen molar-refractivity contribution in [3.05, 3.63) is 64.2 Å². The van der Waals surface area contributed by atoms with Crippen molar-refractivity contribution in [2.75, 3.05) is 0 Å². The van der Waals surface area contributed by atoms with Crippen molar-refractivity contribution in [2.24, 2.45) is 5.73 Å². The van der Waals surface area contributed by atoms with Gasteiger partial charge in [-0.1, -0.05) is 35.9 Å². The summed E-state index contributed by atoms with van der Waals surface area (Å²) in [6.45, 7) is 5.88. The number of hydrogen-bond donors (Lipinski definition) is 2. The smallest absolute Gasteiger partial charge is 0.119 e. The molecule has 2 aromatic carbocycles. The molecule has 0 bridgehead atoms. The minimum absolute atomic E-state index is 0.118. The van der Waals surface area contributed by atoms with Crippen LogP contribution in [0.1, 0.15) is 42.7 Å². The zero-order chi connectivity index (χ0) is 16.3. The van der Waals surface area contributed by atoms with Crippen LogP contribution in [0.4, 0.5) is 0 Å². The van der Waals surface area contributed by atoms with E-state index < -0.39 is 12.1 Å². The molecule has 0 saturated carbocycles. The van der Waals surface area contributed by atoms with E-state index in [1.807, 2.05) is 57.2 Å². The fraction of sp³-hybridized carbons (Fsp3) is 0.333. The summed E-state index contributed by atoms with van der Waals surface area (Å²) in [5.41, 5.74) is 8.72. The van der Waals surface area contributed by atoms with Gasteiger partial charge in [0.15, 0.2) is 0 Å². The Kier molecular flexibility index (Phi) is 5.46. The number of aryl methyl sites for hydroxylation is 1. The molecule has 2 rings (SSSR count). The third kappa shape index (κ3) is 4.01. The van der Waals surface area contributed by atoms with E-state index in [9.17, 15) is 5.11 Å². The standard InChI is InChI=1S/C18H22ClNO2/c1-11(2)22-15-8-6-13(7-9-15)18(21)17(20)14-5-4-12(3)16(19)10-14/h4-11,17-18,21H,20H2,1-3H3/t17-,18+/m0/s1. The lowest BCUT2D eigenvalue weighted by Crippen LogP contribution is -2.19. The maximum absolute atomic E-state index is 10.5. The Labute approximate surface area is 136 Å². The average Bonchev–Trinajstić information content (AvgIpc) is 2.49. The molecular weight excluding hydrogens is 298 g/mol. The van der Waals surface area contributed by atoms with Crippen LogP contribution in [0, 0.1) is 6.92 Å². The summed E-state index contributed by atoms with van der Waals surface area (Å²) in [7, 11) is 0. The highest BCUT2D eigenvalue weighted by Crippen LogP contribution is 2.30. The van der Waals surface area contributed by atoms with Gasteiger partial charge in [-0.2, -0.15) is 0 Å². The monoisotopic (exact) mass is 319 g/mol. The molecule has 0 aliphatic carbocycles. The van der Waals surface area contributed by atoms with Gasteiger partial charge in [-0.3, -0.25) is 0 Å². The quantitative estimate of drug-likeness (QED) is 0.869. The van der Waals surface area contributed by atoms with Crippen molar-refractivity contribution in [1.29, 1.82) is 0 Å². The number of ether oxygens (including phenoxy) is 1. The molecule has 0 aliphatic heterocycles. The molecule has 0 spiro atoms. The van der Waals surface area contributed by atoms with Crippen molar-refractivity contribution in [2.45, 2.75) is 39.0 Å². The van der Waals surface area contributed by atoms with E-state index in [2.05, 4.69) is 0 Å². The molecule has 22 heavy (non-hydrogen) atoms. The van der Waals surface area contributed by atoms with Crippen LogP contribution < -0.4 is 10.5 Å². The molecule has 2 aromatic rings. The van der Waals surface area contributed by atoms with E-state index in [-0.39, 0.29) is 6.10 Å². The number of halogens is 1. The Morgan fingerprint density at radius 2 is 1.64 bits per heavy atom. The molecule has 3 N–H and O–H groups in total. The maximum Gasteiger partial charge on any atom is 0.119 e. The van der Waals surface area contributed by atoms with Crippen molar-refractivity contribution < 1.29 is 9.84 Å². The molecule has 0 heterocycles. The van der Waals surface area contributed by atoms with Crippen molar-refractivity contribution in [3.63, 3.8) is 0 Å². The molecule has 4 heteroatoms. The van der Waals surface area contributed by atoms with Crippen LogP contribution in [0.5, 0.6) is 5.75 Å². The van der Waals surface area contributed by atoms with Crippen LogP contribution in [0.15, 0.2) is 42.5 Å². The van der Waals surface area contributed by atoms with Gasteiger partial charge in [0.1, 0.15) is 5.75 Å². The van der Waals surface area contributed by atoms with E-state index >= 15 is 0 Å². The minimum Gasteiger partial charge on any atom is -0.491 e. The van der Waals surface area contributed by atoms with Gasteiger partial charge in [0, 0.05) is 5.02 Å². The average molecular weight is 320 g/mol. The lowest BCUT2D eigenvalue weighted by molar-refractivity contribution is 0.147. The largest absolute Gasteiger partial charge is 0.491 e. The zero-order valence-corrected chi connectivity index (χ0v) is 13.8. The molecule has 0 amide bonds. The van der Waals surface area contributed by atoms with Gasteiger partial charge in [0.05, 0.1) is 18.2 Å². The zero-order valence-electron chi connectivity index (χ0n) is 13.1. The Hall–Kier alpha value is -1.55. The number of benzene rings is 2. The van der Waals surface area contributed by atoms with Crippen LogP contribution in [-0.4, -0.2) is 11.2 Å². The summed E-state index contributed by atoms with van der Waals surface area (Å²) in [6, 6.07) is 12.4. The van der Waals surface area contributed by atoms with Crippen LogP contribution in [0.3, 0.4) is 0 Å². The van der Waals surface area contributed by atoms with Gasteiger partial charge in [-0.15, -0.1) is 0 Å². The second-order valence-electron chi connectivity index (χ2n) is 5.71. The van der Waals surface area contributed by atoms with Gasteiger partial charge in [-0.05, 0) is 55.7 Å². The van der Waals surface area contributed by atoms with Crippen molar-refractivity contribution >= 4 is 11.6 Å². The first kappa shape index (κ1) is 16.8. The Balaban J connectivity index is 2.15. The maximum atomic E-state index is 10.5. The first-order valence-corrected chi connectivity index (χ1v) is 7.72. The molecular formula is C18H22ClNO2. The van der Waals surface area contributed by atoms with Crippen molar-refractivity contribution in [1.82, 2.24) is 0 Å². The molecule has 2 atom stereocenters. The number of aliphatic hydroxyl groups is 1. The van der Waals surface area contributed by atoms with Crippen LogP contribution in [-0.2, 0) is 0 Å². The minimum atomic E-state index is -0.799. The molecule has 0 unspecified atom stereocenters. The number of hydrogen-bond acceptors (Lipinski definition) is 3. The second kappa shape index (κ2) is 7.14. The highest BCUT2D eigenvalue weighted by molar-refractivity contribution is 6.31. The summed E-state index contributed by atoms with van der Waals surface area (Å²) in [4.78, 5) is 0. The summed E-state index contributed by atoms with van der Waals surface area (Å²) < 4.78 is 5.59. The molecule has 0 aliphatic rings. The van der Waals surface area contributed by atoms with E-state index in [0.717, 1.165) is 22.4 Å². The van der Waals surface area contributed by atoms with E-state index in [1.54, 1.807) is 6.07 Å². The fourth-order valence-electron chi connectivity index (χ4n) is 2.22. The SMILES string of the molecule is Cc1ccc([C@H](N)[C@H](O)c2ccc(OC(C)C)cc2)cc1Cl. The van der Waals surface area contributed by atoms with Gasteiger partial charge in [0.25, 0.3) is 0 Å². The van der Waals surface area contributed by atoms with Crippen LogP contribution in [0.25, 0.3) is 0 Å². The molecule has 0 aromatic heterocycles. The third-order valence-electron chi connectivity index (χ3n) is 3.51. The topological polar surface area (TPSA) is 55.5 Å². The summed E-state index contributed by atoms with van der Waals surface area (Å²) in [6.07, 6.45) is -0.681. The number of aliphatic hydroxyl groups excluding tert-OH is 1. The predicted octanol–water partition coefficient (Wildman–Crippen LogP) is 4.17. The van der Waals surface area contributed by atoms with E-state index in [4.69, 9.17) is 22.1 Å². The first-order valence-electron chi connectivity index (χ1n) is 7.35. The Morgan fingerprint density at radius 1 is 1.05 bits per heavy atom. The fourth-order valence-corrected chi connectivity index (χ4v) is 2.41. The second-order valence-corrected chi connectivity index (χ2v) is 6.12. The highest BCUT2D eigenvalue weighted by Gasteiger charge is 2.19. The molecule has 3 nitrogen and oxygen atoms in total. The summed E-state index contributed by atoms with van der Waals surface area (Å²) in [5, 5.41) is 11.1. The lowest BCUT2D eigenvalue weighted by Gasteiger charge is -2.20. The van der Waals surface area contributed by atoms with Crippen LogP contribution >= 0.6 is 11.6 Å². The highest BCUT2D eigenvalue weighted by atomic mass is 35.5. The number of nitrogens with two attached hydrogens (primary N) is 1. The van der Waals surface area contributed by atoms with E-state index in [1.165, 1.54) is 0 Å². The van der Waals surface area contributed by atoms with Gasteiger partial charge < -0.3 is 15.6 Å². The van der Waals surface area contributed by atoms with Gasteiger partial charge in [-0.25, -0.2) is 0 Å². The first-order chi connectivity index (χ1) is 10.4. The molecule has 0 radical (unpaired) electrons. The van der Waals surface area contributed by atoms with Gasteiger partial charge >= 0.3 is 0 Å². The lowest BCUT2D eigenvalue weighted by atomic mass is 9.96. The summed E-state index contributed by atoms with van der Waals surface area (Å²) >= 11 is 6.12. The van der Waals surface area contributed by atoms with E-state index in [0.29, 0.717) is 5.02 Å². The summed E-state index contributed by atoms with van der Waals surface area (Å²) in [5.74, 6) is 0.776. The van der Waals surface area contributed by atoms with Crippen LogP contribution in [0.2, 0.25) is 5.02 Å². The third-order valence-corrected chi connectivity index (χ3v) is 3.92. The van der Waals surface area contributed by atoms with Gasteiger partial charge in [0.2, 0.25) is 0 Å².